The van der Waals surface area contributed by atoms with Crippen molar-refractivity contribution in [2.24, 2.45) is 5.11 Å². The number of carbonyl (C=O) groups is 1. The number of nitrogens with two attached hydrogens (primary N) is 1. The van der Waals surface area contributed by atoms with E-state index in [1.165, 1.54) is 12.7 Å². The van der Waals surface area contributed by atoms with E-state index in [1.807, 2.05) is 0 Å². The summed E-state index contributed by atoms with van der Waals surface area (Å²) in [6, 6.07) is 0. The first kappa shape index (κ1) is 56.1. The maximum atomic E-state index is 12.9. The molecule has 2 aromatic heterocycles. The van der Waals surface area contributed by atoms with Crippen molar-refractivity contribution in [2.75, 3.05) is 164 Å². The van der Waals surface area contributed by atoms with Crippen LogP contribution in [0.15, 0.2) is 17.8 Å². The number of imidazole rings is 1. The molecule has 0 aliphatic carbocycles. The Morgan fingerprint density at radius 3 is 1.68 bits per heavy atom. The number of aliphatic hydroxyl groups excluding tert-OH is 1. The van der Waals surface area contributed by atoms with Crippen molar-refractivity contribution in [1.29, 1.82) is 0 Å². The number of hydrogen-bond donors (Lipinski definition) is 3. The Kier molecular flexibility index (Phi) is 28.7. The minimum Gasteiger partial charge on any atom is -0.408 e. The number of nitrogen functional groups attached to an aromatic ring is 1. The Balaban J connectivity index is 1.11. The second-order valence-electron chi connectivity index (χ2n) is 15.9. The highest BCUT2D eigenvalue weighted by molar-refractivity contribution is 6.74. The number of rotatable bonds is 40. The summed E-state index contributed by atoms with van der Waals surface area (Å²) in [6.45, 7) is 19.2. The van der Waals surface area contributed by atoms with Crippen LogP contribution >= 0.6 is 0 Å². The second kappa shape index (κ2) is 33.3. The molecule has 372 valence electrons. The fraction of sp³-hybridized carbons (Fsp3) is 0.850. The number of nitrogens with zero attached hydrogens (tertiary/aromatic N) is 7. The van der Waals surface area contributed by atoms with Gasteiger partial charge in [-0.2, -0.15) is 0 Å². The molecule has 3 heterocycles. The van der Waals surface area contributed by atoms with E-state index in [4.69, 9.17) is 72.5 Å². The van der Waals surface area contributed by atoms with Gasteiger partial charge < -0.3 is 77.4 Å². The number of aromatic nitrogens is 4. The van der Waals surface area contributed by atoms with Crippen LogP contribution in [0, 0.1) is 0 Å². The summed E-state index contributed by atoms with van der Waals surface area (Å²) in [5.41, 5.74) is 15.0. The lowest BCUT2D eigenvalue weighted by Gasteiger charge is -2.40. The zero-order valence-electron chi connectivity index (χ0n) is 38.8. The maximum Gasteiger partial charge on any atom is 0.246 e. The Bertz CT molecular complexity index is 1610. The van der Waals surface area contributed by atoms with E-state index in [1.54, 1.807) is 4.57 Å². The van der Waals surface area contributed by atoms with E-state index < -0.39 is 32.9 Å². The van der Waals surface area contributed by atoms with Gasteiger partial charge >= 0.3 is 0 Å². The van der Waals surface area contributed by atoms with E-state index in [0.29, 0.717) is 143 Å². The van der Waals surface area contributed by atoms with Crippen LogP contribution in [0.25, 0.3) is 21.6 Å². The first-order chi connectivity index (χ1) is 31.5. The smallest absolute Gasteiger partial charge is 0.246 e. The van der Waals surface area contributed by atoms with E-state index >= 15 is 0 Å². The van der Waals surface area contributed by atoms with Gasteiger partial charge in [0.1, 0.15) is 36.8 Å². The lowest BCUT2D eigenvalue weighted by Crippen LogP contribution is -2.50. The molecule has 24 nitrogen and oxygen atoms in total. The summed E-state index contributed by atoms with van der Waals surface area (Å²) < 4.78 is 75.6. The molecule has 0 radical (unpaired) electrons. The molecule has 3 rings (SSSR count). The highest BCUT2D eigenvalue weighted by Gasteiger charge is 2.51. The molecule has 1 fully saturated rings. The summed E-state index contributed by atoms with van der Waals surface area (Å²) in [6.07, 6.45) is -0.107. The third kappa shape index (κ3) is 22.4. The fourth-order valence-corrected chi connectivity index (χ4v) is 7.01. The van der Waals surface area contributed by atoms with E-state index in [-0.39, 0.29) is 43.1 Å². The van der Waals surface area contributed by atoms with Gasteiger partial charge in [-0.1, -0.05) is 25.9 Å². The van der Waals surface area contributed by atoms with Crippen molar-refractivity contribution in [3.63, 3.8) is 0 Å². The van der Waals surface area contributed by atoms with Gasteiger partial charge in [0.25, 0.3) is 0 Å². The van der Waals surface area contributed by atoms with Crippen molar-refractivity contribution in [3.8, 4) is 0 Å². The predicted molar refractivity (Wildman–Crippen MR) is 238 cm³/mol. The number of azide groups is 1. The molecule has 1 aliphatic rings. The van der Waals surface area contributed by atoms with Gasteiger partial charge in [-0.3, -0.25) is 9.36 Å². The Morgan fingerprint density at radius 1 is 0.769 bits per heavy atom. The summed E-state index contributed by atoms with van der Waals surface area (Å²) in [4.78, 5) is 28.3. The van der Waals surface area contributed by atoms with Gasteiger partial charge in [0.05, 0.1) is 145 Å². The number of amides is 1. The minimum absolute atomic E-state index is 0.133. The number of nitrogens with one attached hydrogen (secondary N) is 1. The van der Waals surface area contributed by atoms with Crippen molar-refractivity contribution < 1.29 is 71.2 Å². The van der Waals surface area contributed by atoms with Gasteiger partial charge in [-0.25, -0.2) is 15.0 Å². The third-order valence-corrected chi connectivity index (χ3v) is 14.6. The van der Waals surface area contributed by atoms with Gasteiger partial charge in [0.2, 0.25) is 5.91 Å². The van der Waals surface area contributed by atoms with Gasteiger partial charge in [-0.15, -0.1) is 0 Å². The Labute approximate surface area is 382 Å². The van der Waals surface area contributed by atoms with Crippen LogP contribution in [0.4, 0.5) is 5.82 Å². The average molecular weight is 948 g/mol. The zero-order valence-corrected chi connectivity index (χ0v) is 39.8. The van der Waals surface area contributed by atoms with E-state index in [0.717, 1.165) is 0 Å². The number of anilines is 1. The lowest BCUT2D eigenvalue weighted by molar-refractivity contribution is -0.132. The van der Waals surface area contributed by atoms with Gasteiger partial charge in [-0.05, 0) is 23.7 Å². The van der Waals surface area contributed by atoms with Crippen LogP contribution in [0.2, 0.25) is 18.1 Å². The Hall–Kier alpha value is -3.21. The predicted octanol–water partition coefficient (Wildman–Crippen LogP) is 1.67. The monoisotopic (exact) mass is 947 g/mol. The summed E-state index contributed by atoms with van der Waals surface area (Å²) >= 11 is 0. The number of hydrogen-bond acceptors (Lipinski definition) is 20. The molecule has 4 atom stereocenters. The quantitative estimate of drug-likeness (QED) is 0.0281. The molecule has 65 heavy (non-hydrogen) atoms. The van der Waals surface area contributed by atoms with Crippen LogP contribution in [0.3, 0.4) is 0 Å². The lowest BCUT2D eigenvalue weighted by atomic mass is 10.1. The molecular weight excluding hydrogens is 875 g/mol. The van der Waals surface area contributed by atoms with Gasteiger partial charge in [0.15, 0.2) is 26.0 Å². The van der Waals surface area contributed by atoms with E-state index in [9.17, 15) is 9.90 Å². The van der Waals surface area contributed by atoms with Crippen LogP contribution in [-0.2, 0) is 66.1 Å². The van der Waals surface area contributed by atoms with Crippen LogP contribution in [0.1, 0.15) is 27.0 Å². The summed E-state index contributed by atoms with van der Waals surface area (Å²) in [5.74, 6) is -0.130. The average Bonchev–Trinajstić information content (AvgIpc) is 3.86. The minimum atomic E-state index is -2.37. The van der Waals surface area contributed by atoms with Crippen LogP contribution in [0.5, 0.6) is 0 Å². The Morgan fingerprint density at radius 2 is 1.23 bits per heavy atom. The second-order valence-corrected chi connectivity index (χ2v) is 20.6. The maximum absolute atomic E-state index is 12.9. The van der Waals surface area contributed by atoms with Crippen molar-refractivity contribution in [3.05, 3.63) is 23.1 Å². The molecule has 0 saturated carbocycles. The molecule has 1 amide bonds. The largest absolute Gasteiger partial charge is 0.408 e. The molecule has 0 spiro atoms. The third-order valence-electron chi connectivity index (χ3n) is 10.1. The fourth-order valence-electron chi connectivity index (χ4n) is 5.69. The normalized spacial score (nSPS) is 17.8. The van der Waals surface area contributed by atoms with Crippen LogP contribution in [-0.4, -0.2) is 216 Å². The molecule has 25 heteroatoms. The topological polar surface area (TPSA) is 288 Å². The number of fused-ring (bicyclic) bond motifs is 1. The first-order valence-corrected chi connectivity index (χ1v) is 24.9. The standard InChI is InChI=1S/C40H73N9O15Si/c1-40(2,3)65(4,5)64-35-32(28-50)63-39(49-31-46-34-37(41)44-30-45-38(34)49)36(35)62-29-33(51)43-6-8-52-10-12-54-14-16-56-18-20-58-22-24-60-26-27-61-25-23-59-21-19-57-17-15-55-13-11-53-9-7-47-48-42/h30-32,35-36,39,50H,6-29H2,1-5H3,(H,43,51)(H2,41,44,45)/t32-,35-,36-,39-/m1/s1. The molecule has 1 saturated heterocycles. The summed E-state index contributed by atoms with van der Waals surface area (Å²) in [7, 11) is -2.37. The van der Waals surface area contributed by atoms with Gasteiger partial charge in [0, 0.05) is 18.0 Å². The number of aliphatic hydroxyl groups is 1. The molecule has 1 aliphatic heterocycles. The number of carbonyl (C=O) groups excluding carboxylic acids is 1. The van der Waals surface area contributed by atoms with Crippen molar-refractivity contribution in [2.45, 2.75) is 63.4 Å². The highest BCUT2D eigenvalue weighted by Crippen LogP contribution is 2.42. The van der Waals surface area contributed by atoms with Crippen molar-refractivity contribution in [1.82, 2.24) is 24.8 Å². The number of ether oxygens (including phenoxy) is 12. The highest BCUT2D eigenvalue weighted by atomic mass is 28.4. The molecule has 0 unspecified atom stereocenters. The zero-order chi connectivity index (χ0) is 47.0. The SMILES string of the molecule is CC(C)(C)[Si](C)(C)O[C@H]1[C@@H](OCC(=O)NCCOCCOCCOCCOCCOCCOCCOCCOCCOCCOCCN=[N+]=[N-])[C@H](n2cnc3c(N)ncnc32)O[C@@H]1CO. The molecule has 4 N–H and O–H groups in total. The molecule has 0 aromatic carbocycles. The van der Waals surface area contributed by atoms with Crippen LogP contribution < -0.4 is 11.1 Å². The molecular formula is C40H73N9O15Si. The van der Waals surface area contributed by atoms with E-state index in [2.05, 4.69) is 64.2 Å². The molecule has 2 aromatic rings. The van der Waals surface area contributed by atoms with Crippen molar-refractivity contribution >= 4 is 31.2 Å². The summed E-state index contributed by atoms with van der Waals surface area (Å²) in [5, 5.41) is 16.4. The first-order valence-electron chi connectivity index (χ1n) is 22.0. The molecule has 0 bridgehead atoms.